The summed E-state index contributed by atoms with van der Waals surface area (Å²) in [6.07, 6.45) is 2.17. The lowest BCUT2D eigenvalue weighted by molar-refractivity contribution is -0.115. The minimum absolute atomic E-state index is 0.0280. The van der Waals surface area contributed by atoms with E-state index in [-0.39, 0.29) is 5.91 Å². The SMILES string of the molecule is Cc1ncsc1CC(=O)Nc1ccc(-n2cnc(C)c2C)cc1. The minimum Gasteiger partial charge on any atom is -0.326 e. The first-order valence-corrected chi connectivity index (χ1v) is 8.22. The zero-order valence-electron chi connectivity index (χ0n) is 13.3. The third-order valence-electron chi connectivity index (χ3n) is 3.85. The predicted octanol–water partition coefficient (Wildman–Crippen LogP) is 3.44. The second kappa shape index (κ2) is 6.34. The molecule has 0 saturated carbocycles. The van der Waals surface area contributed by atoms with Crippen molar-refractivity contribution >= 4 is 22.9 Å². The van der Waals surface area contributed by atoms with E-state index in [1.165, 1.54) is 11.3 Å². The fourth-order valence-electron chi connectivity index (χ4n) is 2.31. The number of nitrogens with zero attached hydrogens (tertiary/aromatic N) is 3. The van der Waals surface area contributed by atoms with Crippen LogP contribution in [0.25, 0.3) is 5.69 Å². The molecule has 0 aliphatic heterocycles. The zero-order valence-corrected chi connectivity index (χ0v) is 14.1. The number of hydrogen-bond donors (Lipinski definition) is 1. The summed E-state index contributed by atoms with van der Waals surface area (Å²) in [7, 11) is 0. The van der Waals surface area contributed by atoms with Gasteiger partial charge in [0, 0.05) is 21.9 Å². The van der Waals surface area contributed by atoms with Crippen molar-refractivity contribution in [2.75, 3.05) is 5.32 Å². The normalized spacial score (nSPS) is 10.7. The summed E-state index contributed by atoms with van der Waals surface area (Å²) < 4.78 is 2.03. The molecule has 1 aromatic carbocycles. The number of imidazole rings is 1. The highest BCUT2D eigenvalue weighted by Gasteiger charge is 2.09. The van der Waals surface area contributed by atoms with Crippen LogP contribution in [0.1, 0.15) is 22.0 Å². The third kappa shape index (κ3) is 3.32. The highest BCUT2D eigenvalue weighted by molar-refractivity contribution is 7.09. The number of anilines is 1. The fraction of sp³-hybridized carbons (Fsp3) is 0.235. The molecule has 0 saturated heterocycles. The van der Waals surface area contributed by atoms with Crippen LogP contribution in [0.3, 0.4) is 0 Å². The lowest BCUT2D eigenvalue weighted by atomic mass is 10.2. The highest BCUT2D eigenvalue weighted by Crippen LogP contribution is 2.18. The molecule has 2 heterocycles. The molecule has 6 heteroatoms. The Morgan fingerprint density at radius 1 is 1.13 bits per heavy atom. The molecular formula is C17H18N4OS. The molecular weight excluding hydrogens is 308 g/mol. The van der Waals surface area contributed by atoms with Gasteiger partial charge in [-0.3, -0.25) is 4.79 Å². The lowest BCUT2D eigenvalue weighted by Gasteiger charge is -2.08. The van der Waals surface area contributed by atoms with Gasteiger partial charge in [-0.15, -0.1) is 11.3 Å². The van der Waals surface area contributed by atoms with Crippen molar-refractivity contribution in [3.8, 4) is 5.69 Å². The second-order valence-corrected chi connectivity index (χ2v) is 6.36. The van der Waals surface area contributed by atoms with E-state index in [0.717, 1.165) is 33.3 Å². The predicted molar refractivity (Wildman–Crippen MR) is 92.2 cm³/mol. The Morgan fingerprint density at radius 3 is 2.43 bits per heavy atom. The molecule has 3 aromatic rings. The maximum absolute atomic E-state index is 12.1. The van der Waals surface area contributed by atoms with Crippen LogP contribution in [0, 0.1) is 20.8 Å². The van der Waals surface area contributed by atoms with Crippen LogP contribution in [0.4, 0.5) is 5.69 Å². The van der Waals surface area contributed by atoms with Crippen molar-refractivity contribution in [3.63, 3.8) is 0 Å². The number of hydrogen-bond acceptors (Lipinski definition) is 4. The first-order valence-electron chi connectivity index (χ1n) is 7.34. The Bertz CT molecular complexity index is 833. The molecule has 23 heavy (non-hydrogen) atoms. The van der Waals surface area contributed by atoms with E-state index in [9.17, 15) is 4.79 Å². The van der Waals surface area contributed by atoms with Crippen LogP contribution < -0.4 is 5.32 Å². The number of rotatable bonds is 4. The van der Waals surface area contributed by atoms with Crippen molar-refractivity contribution < 1.29 is 4.79 Å². The molecule has 1 N–H and O–H groups in total. The van der Waals surface area contributed by atoms with Crippen LogP contribution in [0.5, 0.6) is 0 Å². The van der Waals surface area contributed by atoms with Gasteiger partial charge in [-0.25, -0.2) is 9.97 Å². The number of carbonyl (C=O) groups is 1. The van der Waals surface area contributed by atoms with Gasteiger partial charge in [0.2, 0.25) is 5.91 Å². The molecule has 0 fully saturated rings. The van der Waals surface area contributed by atoms with Crippen molar-refractivity contribution in [2.45, 2.75) is 27.2 Å². The number of carbonyl (C=O) groups excluding carboxylic acids is 1. The summed E-state index contributed by atoms with van der Waals surface area (Å²) in [6.45, 7) is 5.95. The minimum atomic E-state index is -0.0280. The zero-order chi connectivity index (χ0) is 16.4. The third-order valence-corrected chi connectivity index (χ3v) is 4.78. The van der Waals surface area contributed by atoms with Gasteiger partial charge in [0.1, 0.15) is 0 Å². The van der Waals surface area contributed by atoms with E-state index in [1.54, 1.807) is 5.51 Å². The Labute approximate surface area is 139 Å². The topological polar surface area (TPSA) is 59.8 Å². The Morgan fingerprint density at radius 2 is 1.87 bits per heavy atom. The average molecular weight is 326 g/mol. The first-order chi connectivity index (χ1) is 11.0. The number of thiazole rings is 1. The van der Waals surface area contributed by atoms with Crippen molar-refractivity contribution in [1.82, 2.24) is 14.5 Å². The number of benzene rings is 1. The van der Waals surface area contributed by atoms with E-state index >= 15 is 0 Å². The molecule has 3 rings (SSSR count). The highest BCUT2D eigenvalue weighted by atomic mass is 32.1. The Kier molecular flexibility index (Phi) is 4.25. The van der Waals surface area contributed by atoms with Gasteiger partial charge < -0.3 is 9.88 Å². The van der Waals surface area contributed by atoms with Gasteiger partial charge in [-0.05, 0) is 45.0 Å². The summed E-state index contributed by atoms with van der Waals surface area (Å²) in [5.74, 6) is -0.0280. The first kappa shape index (κ1) is 15.4. The van der Waals surface area contributed by atoms with E-state index < -0.39 is 0 Å². The van der Waals surface area contributed by atoms with Gasteiger partial charge >= 0.3 is 0 Å². The molecule has 0 radical (unpaired) electrons. The van der Waals surface area contributed by atoms with Crippen LogP contribution in [0.2, 0.25) is 0 Å². The number of amides is 1. The molecule has 1 amide bonds. The number of aromatic nitrogens is 3. The Hall–Kier alpha value is -2.47. The molecule has 2 aromatic heterocycles. The molecule has 0 bridgehead atoms. The van der Waals surface area contributed by atoms with Crippen molar-refractivity contribution in [2.24, 2.45) is 0 Å². The fourth-order valence-corrected chi connectivity index (χ4v) is 3.09. The number of aryl methyl sites for hydroxylation is 2. The van der Waals surface area contributed by atoms with Gasteiger partial charge in [0.25, 0.3) is 0 Å². The summed E-state index contributed by atoms with van der Waals surface area (Å²) in [4.78, 5) is 21.6. The van der Waals surface area contributed by atoms with Crippen molar-refractivity contribution in [1.29, 1.82) is 0 Å². The van der Waals surface area contributed by atoms with E-state index in [0.29, 0.717) is 6.42 Å². The molecule has 0 aliphatic carbocycles. The van der Waals surface area contributed by atoms with Gasteiger partial charge in [-0.2, -0.15) is 0 Å². The lowest BCUT2D eigenvalue weighted by Crippen LogP contribution is -2.14. The van der Waals surface area contributed by atoms with Crippen LogP contribution in [-0.4, -0.2) is 20.4 Å². The molecule has 5 nitrogen and oxygen atoms in total. The summed E-state index contributed by atoms with van der Waals surface area (Å²) in [5.41, 5.74) is 6.63. The van der Waals surface area contributed by atoms with Crippen LogP contribution >= 0.6 is 11.3 Å². The molecule has 0 spiro atoms. The summed E-state index contributed by atoms with van der Waals surface area (Å²) in [5, 5.41) is 2.92. The van der Waals surface area contributed by atoms with Gasteiger partial charge in [-0.1, -0.05) is 0 Å². The monoisotopic (exact) mass is 326 g/mol. The quantitative estimate of drug-likeness (QED) is 0.799. The largest absolute Gasteiger partial charge is 0.326 e. The van der Waals surface area contributed by atoms with Gasteiger partial charge in [0.15, 0.2) is 0 Å². The molecule has 0 aliphatic rings. The summed E-state index contributed by atoms with van der Waals surface area (Å²) >= 11 is 1.51. The second-order valence-electron chi connectivity index (χ2n) is 5.42. The average Bonchev–Trinajstić information content (AvgIpc) is 3.07. The smallest absolute Gasteiger partial charge is 0.229 e. The van der Waals surface area contributed by atoms with Crippen LogP contribution in [0.15, 0.2) is 36.1 Å². The summed E-state index contributed by atoms with van der Waals surface area (Å²) in [6, 6.07) is 7.76. The maximum atomic E-state index is 12.1. The number of nitrogens with one attached hydrogen (secondary N) is 1. The van der Waals surface area contributed by atoms with E-state index in [2.05, 4.69) is 15.3 Å². The van der Waals surface area contributed by atoms with Gasteiger partial charge in [0.05, 0.1) is 29.6 Å². The molecule has 118 valence electrons. The Balaban J connectivity index is 1.69. The standard InChI is InChI=1S/C17H18N4OS/c1-11-13(3)21(9-18-11)15-6-4-14(5-7-15)20-17(22)8-16-12(2)19-10-23-16/h4-7,9-10H,8H2,1-3H3,(H,20,22). The van der Waals surface area contributed by atoms with Crippen molar-refractivity contribution in [3.05, 3.63) is 58.1 Å². The van der Waals surface area contributed by atoms with E-state index in [1.807, 2.05) is 55.9 Å². The molecule has 0 unspecified atom stereocenters. The van der Waals surface area contributed by atoms with Crippen LogP contribution in [-0.2, 0) is 11.2 Å². The molecule has 0 atom stereocenters. The van der Waals surface area contributed by atoms with E-state index in [4.69, 9.17) is 0 Å². The maximum Gasteiger partial charge on any atom is 0.229 e.